The molecule has 0 spiro atoms. The van der Waals surface area contributed by atoms with Crippen LogP contribution in [0.1, 0.15) is 24.1 Å². The SMILES string of the molecule is Cn1c2c(c(Sc3ccccc3)nc1=S)CCCC2. The van der Waals surface area contributed by atoms with Gasteiger partial charge in [-0.25, -0.2) is 4.98 Å². The molecule has 1 aliphatic carbocycles. The lowest BCUT2D eigenvalue weighted by Gasteiger charge is -2.21. The van der Waals surface area contributed by atoms with Crippen LogP contribution in [0.5, 0.6) is 0 Å². The fraction of sp³-hybridized carbons (Fsp3) is 0.333. The summed E-state index contributed by atoms with van der Waals surface area (Å²) in [5.41, 5.74) is 2.78. The van der Waals surface area contributed by atoms with Gasteiger partial charge in [-0.3, -0.25) is 0 Å². The molecule has 0 radical (unpaired) electrons. The van der Waals surface area contributed by atoms with E-state index in [0.717, 1.165) is 17.9 Å². The first-order valence-electron chi connectivity index (χ1n) is 6.57. The Balaban J connectivity index is 2.06. The fourth-order valence-corrected chi connectivity index (χ4v) is 3.77. The Hall–Kier alpha value is -1.13. The molecule has 0 unspecified atom stereocenters. The predicted molar refractivity (Wildman–Crippen MR) is 81.2 cm³/mol. The van der Waals surface area contributed by atoms with Crippen LogP contribution in [0, 0.1) is 4.77 Å². The standard InChI is InChI=1S/C15H16N2S2/c1-17-13-10-6-5-9-12(13)14(16-15(17)18)19-11-7-3-2-4-8-11/h2-4,7-8H,5-6,9-10H2,1H3. The van der Waals surface area contributed by atoms with Gasteiger partial charge in [0.05, 0.1) is 0 Å². The third-order valence-corrected chi connectivity index (χ3v) is 4.95. The van der Waals surface area contributed by atoms with E-state index in [1.54, 1.807) is 11.8 Å². The van der Waals surface area contributed by atoms with Crippen LogP contribution in [0.25, 0.3) is 0 Å². The van der Waals surface area contributed by atoms with Gasteiger partial charge in [-0.05, 0) is 50.0 Å². The van der Waals surface area contributed by atoms with Gasteiger partial charge in [0.25, 0.3) is 0 Å². The maximum Gasteiger partial charge on any atom is 0.200 e. The topological polar surface area (TPSA) is 17.8 Å². The summed E-state index contributed by atoms with van der Waals surface area (Å²) in [6, 6.07) is 10.4. The summed E-state index contributed by atoms with van der Waals surface area (Å²) < 4.78 is 2.78. The van der Waals surface area contributed by atoms with E-state index >= 15 is 0 Å². The summed E-state index contributed by atoms with van der Waals surface area (Å²) in [6.07, 6.45) is 4.77. The van der Waals surface area contributed by atoms with E-state index in [1.807, 2.05) is 13.1 Å². The van der Waals surface area contributed by atoms with Crippen molar-refractivity contribution in [3.63, 3.8) is 0 Å². The molecule has 0 bridgehead atoms. The predicted octanol–water partition coefficient (Wildman–Crippen LogP) is 4.18. The van der Waals surface area contributed by atoms with Crippen molar-refractivity contribution in [3.05, 3.63) is 46.4 Å². The lowest BCUT2D eigenvalue weighted by atomic mass is 9.97. The normalized spacial score (nSPS) is 14.2. The molecule has 1 aromatic carbocycles. The summed E-state index contributed by atoms with van der Waals surface area (Å²) in [6.45, 7) is 0. The molecule has 2 aromatic rings. The van der Waals surface area contributed by atoms with Crippen LogP contribution in [0.15, 0.2) is 40.3 Å². The third-order valence-electron chi connectivity index (χ3n) is 3.54. The van der Waals surface area contributed by atoms with Crippen LogP contribution in [0.3, 0.4) is 0 Å². The van der Waals surface area contributed by atoms with Gasteiger partial charge in [-0.2, -0.15) is 0 Å². The Morgan fingerprint density at radius 1 is 1.16 bits per heavy atom. The van der Waals surface area contributed by atoms with Crippen LogP contribution in [-0.4, -0.2) is 9.55 Å². The zero-order chi connectivity index (χ0) is 13.2. The minimum atomic E-state index is 0.694. The first kappa shape index (κ1) is 12.9. The molecule has 1 aromatic heterocycles. The van der Waals surface area contributed by atoms with E-state index in [9.17, 15) is 0 Å². The molecule has 0 saturated carbocycles. The number of benzene rings is 1. The van der Waals surface area contributed by atoms with Gasteiger partial charge in [0.2, 0.25) is 0 Å². The van der Waals surface area contributed by atoms with Crippen LogP contribution in [0.2, 0.25) is 0 Å². The van der Waals surface area contributed by atoms with Crippen molar-refractivity contribution in [1.82, 2.24) is 9.55 Å². The maximum atomic E-state index is 5.38. The van der Waals surface area contributed by atoms with E-state index in [4.69, 9.17) is 12.2 Å². The Labute approximate surface area is 122 Å². The number of nitrogens with zero attached hydrogens (tertiary/aromatic N) is 2. The molecule has 0 N–H and O–H groups in total. The second kappa shape index (κ2) is 5.47. The summed E-state index contributed by atoms with van der Waals surface area (Å²) in [5, 5.41) is 1.10. The second-order valence-corrected chi connectivity index (χ2v) is 6.23. The minimum absolute atomic E-state index is 0.694. The fourth-order valence-electron chi connectivity index (χ4n) is 2.52. The monoisotopic (exact) mass is 288 g/mol. The smallest absolute Gasteiger partial charge is 0.200 e. The van der Waals surface area contributed by atoms with Crippen molar-refractivity contribution in [1.29, 1.82) is 0 Å². The first-order chi connectivity index (χ1) is 9.25. The van der Waals surface area contributed by atoms with E-state index in [0.29, 0.717) is 4.77 Å². The molecule has 3 rings (SSSR count). The lowest BCUT2D eigenvalue weighted by molar-refractivity contribution is 0.599. The molecule has 0 atom stereocenters. The second-order valence-electron chi connectivity index (χ2n) is 4.81. The molecular weight excluding hydrogens is 272 g/mol. The minimum Gasteiger partial charge on any atom is -0.324 e. The number of fused-ring (bicyclic) bond motifs is 1. The first-order valence-corrected chi connectivity index (χ1v) is 7.80. The van der Waals surface area contributed by atoms with E-state index in [2.05, 4.69) is 33.8 Å². The number of hydrogen-bond donors (Lipinski definition) is 0. The average Bonchev–Trinajstić information content (AvgIpc) is 2.46. The Kier molecular flexibility index (Phi) is 3.71. The zero-order valence-corrected chi connectivity index (χ0v) is 12.6. The van der Waals surface area contributed by atoms with Crippen molar-refractivity contribution in [2.75, 3.05) is 0 Å². The summed E-state index contributed by atoms with van der Waals surface area (Å²) in [7, 11) is 2.04. The van der Waals surface area contributed by atoms with Crippen molar-refractivity contribution < 1.29 is 0 Å². The molecule has 0 saturated heterocycles. The Morgan fingerprint density at radius 3 is 2.68 bits per heavy atom. The van der Waals surface area contributed by atoms with E-state index in [-0.39, 0.29) is 0 Å². The van der Waals surface area contributed by atoms with Crippen molar-refractivity contribution in [2.45, 2.75) is 35.6 Å². The van der Waals surface area contributed by atoms with Gasteiger partial charge < -0.3 is 4.57 Å². The lowest BCUT2D eigenvalue weighted by Crippen LogP contribution is -2.14. The highest BCUT2D eigenvalue weighted by atomic mass is 32.2. The van der Waals surface area contributed by atoms with Gasteiger partial charge in [0.15, 0.2) is 4.77 Å². The highest BCUT2D eigenvalue weighted by Gasteiger charge is 2.18. The van der Waals surface area contributed by atoms with Crippen LogP contribution in [-0.2, 0) is 19.9 Å². The van der Waals surface area contributed by atoms with E-state index < -0.39 is 0 Å². The van der Waals surface area contributed by atoms with Gasteiger partial charge in [0, 0.05) is 23.2 Å². The number of aromatic nitrogens is 2. The maximum absolute atomic E-state index is 5.38. The van der Waals surface area contributed by atoms with Crippen LogP contribution in [0.4, 0.5) is 0 Å². The summed E-state index contributed by atoms with van der Waals surface area (Å²) in [5.74, 6) is 0. The van der Waals surface area contributed by atoms with Gasteiger partial charge >= 0.3 is 0 Å². The third kappa shape index (κ3) is 2.60. The zero-order valence-electron chi connectivity index (χ0n) is 10.9. The van der Waals surface area contributed by atoms with Crippen LogP contribution >= 0.6 is 24.0 Å². The Morgan fingerprint density at radius 2 is 1.89 bits per heavy atom. The molecule has 1 heterocycles. The average molecular weight is 288 g/mol. The van der Waals surface area contributed by atoms with Crippen molar-refractivity contribution in [2.24, 2.45) is 7.05 Å². The van der Waals surface area contributed by atoms with Crippen molar-refractivity contribution in [3.8, 4) is 0 Å². The van der Waals surface area contributed by atoms with Crippen LogP contribution < -0.4 is 0 Å². The number of hydrogen-bond acceptors (Lipinski definition) is 3. The molecule has 0 aliphatic heterocycles. The highest BCUT2D eigenvalue weighted by molar-refractivity contribution is 7.99. The Bertz CT molecular complexity index is 647. The van der Waals surface area contributed by atoms with Gasteiger partial charge in [0.1, 0.15) is 5.03 Å². The van der Waals surface area contributed by atoms with E-state index in [1.165, 1.54) is 29.0 Å². The molecule has 4 heteroatoms. The molecule has 19 heavy (non-hydrogen) atoms. The van der Waals surface area contributed by atoms with Gasteiger partial charge in [-0.1, -0.05) is 30.0 Å². The van der Waals surface area contributed by atoms with Gasteiger partial charge in [-0.15, -0.1) is 0 Å². The molecule has 98 valence electrons. The largest absolute Gasteiger partial charge is 0.324 e. The number of rotatable bonds is 2. The molecule has 2 nitrogen and oxygen atoms in total. The highest BCUT2D eigenvalue weighted by Crippen LogP contribution is 2.33. The summed E-state index contributed by atoms with van der Waals surface area (Å²) >= 11 is 7.11. The molecule has 0 amide bonds. The molecule has 0 fully saturated rings. The molecular formula is C15H16N2S2. The van der Waals surface area contributed by atoms with Crippen molar-refractivity contribution >= 4 is 24.0 Å². The summed E-state index contributed by atoms with van der Waals surface area (Å²) in [4.78, 5) is 5.85. The molecule has 1 aliphatic rings. The quantitative estimate of drug-likeness (QED) is 0.610.